The Kier molecular flexibility index (Phi) is 2.44. The molecule has 0 heterocycles. The van der Waals surface area contributed by atoms with Gasteiger partial charge < -0.3 is 15.6 Å². The fourth-order valence-electron chi connectivity index (χ4n) is 2.11. The Balaban J connectivity index is 2.35. The number of aliphatic hydroxyl groups excluding tert-OH is 1. The Hall–Kier alpha value is -1.06. The van der Waals surface area contributed by atoms with E-state index in [1.165, 1.54) is 0 Å². The van der Waals surface area contributed by atoms with Crippen molar-refractivity contribution >= 4 is 0 Å². The van der Waals surface area contributed by atoms with E-state index in [4.69, 9.17) is 10.5 Å². The Labute approximate surface area is 89.9 Å². The molecule has 0 unspecified atom stereocenters. The number of hydrogen-bond donors (Lipinski definition) is 2. The summed E-state index contributed by atoms with van der Waals surface area (Å²) in [7, 11) is 0. The van der Waals surface area contributed by atoms with E-state index >= 15 is 0 Å². The molecule has 1 aromatic carbocycles. The molecule has 1 aliphatic carbocycles. The molecule has 0 bridgehead atoms. The van der Waals surface area contributed by atoms with Crippen LogP contribution in [0.15, 0.2) is 18.2 Å². The first kappa shape index (κ1) is 10.5. The zero-order valence-electron chi connectivity index (χ0n) is 9.16. The van der Waals surface area contributed by atoms with E-state index in [0.29, 0.717) is 6.61 Å². The van der Waals surface area contributed by atoms with E-state index in [9.17, 15) is 5.11 Å². The maximum Gasteiger partial charge on any atom is 0.119 e. The molecule has 0 spiro atoms. The summed E-state index contributed by atoms with van der Waals surface area (Å²) in [6, 6.07) is 5.81. The first-order chi connectivity index (χ1) is 7.04. The van der Waals surface area contributed by atoms with Gasteiger partial charge in [0.05, 0.1) is 12.7 Å². The molecule has 3 nitrogen and oxygen atoms in total. The molecule has 0 saturated carbocycles. The van der Waals surface area contributed by atoms with Crippen molar-refractivity contribution in [2.75, 3.05) is 6.61 Å². The highest BCUT2D eigenvalue weighted by atomic mass is 16.5. The van der Waals surface area contributed by atoms with Crippen LogP contribution in [0.2, 0.25) is 0 Å². The molecular formula is C12H17NO2. The topological polar surface area (TPSA) is 55.5 Å². The van der Waals surface area contributed by atoms with Crippen LogP contribution in [-0.2, 0) is 6.42 Å². The van der Waals surface area contributed by atoms with Crippen LogP contribution < -0.4 is 10.5 Å². The smallest absolute Gasteiger partial charge is 0.119 e. The van der Waals surface area contributed by atoms with Crippen molar-refractivity contribution < 1.29 is 9.84 Å². The number of rotatable bonds is 2. The van der Waals surface area contributed by atoms with Crippen molar-refractivity contribution in [2.45, 2.75) is 31.9 Å². The highest BCUT2D eigenvalue weighted by Crippen LogP contribution is 2.38. The molecule has 3 N–H and O–H groups in total. The van der Waals surface area contributed by atoms with E-state index in [-0.39, 0.29) is 0 Å². The summed E-state index contributed by atoms with van der Waals surface area (Å²) in [5.41, 5.74) is 7.49. The number of benzene rings is 1. The molecule has 0 aliphatic heterocycles. The molecule has 82 valence electrons. The van der Waals surface area contributed by atoms with Crippen LogP contribution in [0.5, 0.6) is 5.75 Å². The van der Waals surface area contributed by atoms with Gasteiger partial charge in [-0.25, -0.2) is 0 Å². The molecule has 0 radical (unpaired) electrons. The third-order valence-electron chi connectivity index (χ3n) is 2.92. The third kappa shape index (κ3) is 1.73. The van der Waals surface area contributed by atoms with Crippen LogP contribution in [0.1, 0.15) is 31.1 Å². The van der Waals surface area contributed by atoms with E-state index in [1.54, 1.807) is 0 Å². The average Bonchev–Trinajstić information content (AvgIpc) is 2.40. The molecule has 1 aliphatic rings. The summed E-state index contributed by atoms with van der Waals surface area (Å²) in [6.07, 6.45) is 0.128. The summed E-state index contributed by atoms with van der Waals surface area (Å²) in [5.74, 6) is 0.799. The highest BCUT2D eigenvalue weighted by Gasteiger charge is 2.38. The molecule has 0 aromatic heterocycles. The molecule has 0 saturated heterocycles. The van der Waals surface area contributed by atoms with Gasteiger partial charge in [-0.05, 0) is 43.5 Å². The quantitative estimate of drug-likeness (QED) is 0.770. The first-order valence-electron chi connectivity index (χ1n) is 5.27. The summed E-state index contributed by atoms with van der Waals surface area (Å²) in [5, 5.41) is 10.0. The van der Waals surface area contributed by atoms with Crippen LogP contribution in [0.25, 0.3) is 0 Å². The van der Waals surface area contributed by atoms with Crippen molar-refractivity contribution in [1.29, 1.82) is 0 Å². The van der Waals surface area contributed by atoms with Crippen molar-refractivity contribution in [2.24, 2.45) is 5.73 Å². The average molecular weight is 207 g/mol. The summed E-state index contributed by atoms with van der Waals surface area (Å²) in [6.45, 7) is 4.45. The van der Waals surface area contributed by atoms with Crippen LogP contribution in [0, 0.1) is 0 Å². The van der Waals surface area contributed by atoms with Gasteiger partial charge in [-0.15, -0.1) is 0 Å². The fraction of sp³-hybridized carbons (Fsp3) is 0.500. The van der Waals surface area contributed by atoms with Gasteiger partial charge in [0.25, 0.3) is 0 Å². The van der Waals surface area contributed by atoms with Crippen molar-refractivity contribution in [3.8, 4) is 5.75 Å². The fourth-order valence-corrected chi connectivity index (χ4v) is 2.11. The Morgan fingerprint density at radius 2 is 2.33 bits per heavy atom. The van der Waals surface area contributed by atoms with E-state index in [2.05, 4.69) is 0 Å². The van der Waals surface area contributed by atoms with Gasteiger partial charge in [0.2, 0.25) is 0 Å². The lowest BCUT2D eigenvalue weighted by molar-refractivity contribution is 0.109. The van der Waals surface area contributed by atoms with E-state index in [0.717, 1.165) is 23.3 Å². The Morgan fingerprint density at radius 3 is 3.00 bits per heavy atom. The van der Waals surface area contributed by atoms with Crippen LogP contribution in [-0.4, -0.2) is 17.3 Å². The standard InChI is InChI=1S/C12H17NO2/c1-3-15-9-5-4-8-7-12(2,13)11(14)10(8)6-9/h4-6,11,14H,3,7,13H2,1-2H3/t11-,12-/m0/s1. The molecule has 2 atom stereocenters. The minimum absolute atomic E-state index is 0.548. The zero-order chi connectivity index (χ0) is 11.1. The van der Waals surface area contributed by atoms with Crippen molar-refractivity contribution in [1.82, 2.24) is 0 Å². The maximum atomic E-state index is 10.0. The second-order valence-electron chi connectivity index (χ2n) is 4.38. The molecular weight excluding hydrogens is 190 g/mol. The minimum Gasteiger partial charge on any atom is -0.494 e. The van der Waals surface area contributed by atoms with Gasteiger partial charge in [-0.1, -0.05) is 6.07 Å². The third-order valence-corrected chi connectivity index (χ3v) is 2.92. The van der Waals surface area contributed by atoms with Crippen LogP contribution in [0.4, 0.5) is 0 Å². The summed E-state index contributed by atoms with van der Waals surface area (Å²) < 4.78 is 5.40. The van der Waals surface area contributed by atoms with E-state index in [1.807, 2.05) is 32.0 Å². The normalized spacial score (nSPS) is 28.9. The SMILES string of the molecule is CCOc1ccc2c(c1)[C@H](O)[C@@](C)(N)C2. The second-order valence-corrected chi connectivity index (χ2v) is 4.38. The van der Waals surface area contributed by atoms with Crippen LogP contribution in [0.3, 0.4) is 0 Å². The van der Waals surface area contributed by atoms with E-state index < -0.39 is 11.6 Å². The van der Waals surface area contributed by atoms with Gasteiger partial charge in [0.15, 0.2) is 0 Å². The predicted molar refractivity (Wildman–Crippen MR) is 58.9 cm³/mol. The number of hydrogen-bond acceptors (Lipinski definition) is 3. The predicted octanol–water partition coefficient (Wildman–Crippen LogP) is 1.39. The number of fused-ring (bicyclic) bond motifs is 1. The maximum absolute atomic E-state index is 10.0. The minimum atomic E-state index is -0.590. The molecule has 1 aromatic rings. The molecule has 15 heavy (non-hydrogen) atoms. The zero-order valence-corrected chi connectivity index (χ0v) is 9.16. The summed E-state index contributed by atoms with van der Waals surface area (Å²) >= 11 is 0. The van der Waals surface area contributed by atoms with Gasteiger partial charge in [-0.2, -0.15) is 0 Å². The summed E-state index contributed by atoms with van der Waals surface area (Å²) in [4.78, 5) is 0. The van der Waals surface area contributed by atoms with Crippen LogP contribution >= 0.6 is 0 Å². The molecule has 2 rings (SSSR count). The molecule has 3 heteroatoms. The van der Waals surface area contributed by atoms with Gasteiger partial charge in [0.1, 0.15) is 5.75 Å². The second kappa shape index (κ2) is 3.51. The highest BCUT2D eigenvalue weighted by molar-refractivity contribution is 5.43. The van der Waals surface area contributed by atoms with Gasteiger partial charge >= 0.3 is 0 Å². The van der Waals surface area contributed by atoms with Crippen molar-refractivity contribution in [3.05, 3.63) is 29.3 Å². The van der Waals surface area contributed by atoms with Gasteiger partial charge in [-0.3, -0.25) is 0 Å². The lowest BCUT2D eigenvalue weighted by atomic mass is 9.97. The number of ether oxygens (including phenoxy) is 1. The van der Waals surface area contributed by atoms with Crippen molar-refractivity contribution in [3.63, 3.8) is 0 Å². The Morgan fingerprint density at radius 1 is 1.60 bits per heavy atom. The first-order valence-corrected chi connectivity index (χ1v) is 5.27. The lowest BCUT2D eigenvalue weighted by Crippen LogP contribution is -2.40. The Bertz CT molecular complexity index is 374. The lowest BCUT2D eigenvalue weighted by Gasteiger charge is -2.22. The number of nitrogens with two attached hydrogens (primary N) is 1. The largest absolute Gasteiger partial charge is 0.494 e. The molecule has 0 fully saturated rings. The monoisotopic (exact) mass is 207 g/mol. The molecule has 0 amide bonds. The number of aliphatic hydroxyl groups is 1. The van der Waals surface area contributed by atoms with Gasteiger partial charge in [0, 0.05) is 5.54 Å².